The van der Waals surface area contributed by atoms with E-state index in [1.54, 1.807) is 17.2 Å². The number of carbonyl (C=O) groups is 3. The van der Waals surface area contributed by atoms with Crippen molar-refractivity contribution in [1.82, 2.24) is 9.88 Å². The van der Waals surface area contributed by atoms with E-state index < -0.39 is 0 Å². The molecular formula is C14H19N3O4S. The number of amides is 2. The summed E-state index contributed by atoms with van der Waals surface area (Å²) in [6.45, 7) is 4.45. The lowest BCUT2D eigenvalue weighted by Crippen LogP contribution is -2.44. The number of anilines is 1. The molecule has 22 heavy (non-hydrogen) atoms. The molecule has 0 bridgehead atoms. The molecule has 1 aliphatic heterocycles. The third-order valence-corrected chi connectivity index (χ3v) is 4.17. The molecule has 2 amide bonds. The fourth-order valence-corrected chi connectivity index (χ4v) is 3.02. The molecule has 0 radical (unpaired) electrons. The number of Topliss-reactive ketones (excluding diaryl/α,β-unsaturated/α-hetero) is 1. The highest BCUT2D eigenvalue weighted by molar-refractivity contribution is 7.14. The van der Waals surface area contributed by atoms with Crippen LogP contribution in [0.1, 0.15) is 37.2 Å². The molecule has 1 atom stereocenters. The molecule has 1 fully saturated rings. The van der Waals surface area contributed by atoms with Crippen LogP contribution >= 0.6 is 11.3 Å². The standard InChI is InChI=1S/C14H19N3O4S/c1-3-21-14(20)17-6-4-5-10(7-17)12(19)16-13-15-11(8-22-13)9(2)18/h8,10H,3-7H2,1-2H3,(H,15,16,19)/t10-/m1/s1. The van der Waals surface area contributed by atoms with Crippen molar-refractivity contribution in [2.75, 3.05) is 25.0 Å². The molecule has 1 N–H and O–H groups in total. The molecule has 8 heteroatoms. The Hall–Kier alpha value is -1.96. The Morgan fingerprint density at radius 1 is 1.50 bits per heavy atom. The monoisotopic (exact) mass is 325 g/mol. The summed E-state index contributed by atoms with van der Waals surface area (Å²) in [4.78, 5) is 40.8. The Balaban J connectivity index is 1.93. The lowest BCUT2D eigenvalue weighted by atomic mass is 9.97. The van der Waals surface area contributed by atoms with E-state index in [1.165, 1.54) is 18.3 Å². The molecule has 2 heterocycles. The molecule has 1 aliphatic rings. The third-order valence-electron chi connectivity index (χ3n) is 3.41. The van der Waals surface area contributed by atoms with Crippen LogP contribution in [0.3, 0.4) is 0 Å². The van der Waals surface area contributed by atoms with Crippen LogP contribution in [0, 0.1) is 5.92 Å². The van der Waals surface area contributed by atoms with Crippen LogP contribution < -0.4 is 5.32 Å². The predicted molar refractivity (Wildman–Crippen MR) is 82.1 cm³/mol. The summed E-state index contributed by atoms with van der Waals surface area (Å²) in [5.74, 6) is -0.607. The Labute approximate surface area is 132 Å². The van der Waals surface area contributed by atoms with Crippen molar-refractivity contribution in [3.8, 4) is 0 Å². The highest BCUT2D eigenvalue weighted by Crippen LogP contribution is 2.21. The summed E-state index contributed by atoms with van der Waals surface area (Å²) >= 11 is 1.22. The minimum Gasteiger partial charge on any atom is -0.450 e. The molecular weight excluding hydrogens is 306 g/mol. The molecule has 0 spiro atoms. The van der Waals surface area contributed by atoms with Gasteiger partial charge in [0.05, 0.1) is 12.5 Å². The number of hydrogen-bond donors (Lipinski definition) is 1. The number of likely N-dealkylation sites (tertiary alicyclic amines) is 1. The van der Waals surface area contributed by atoms with Gasteiger partial charge in [-0.15, -0.1) is 11.3 Å². The number of hydrogen-bond acceptors (Lipinski definition) is 6. The number of nitrogens with one attached hydrogen (secondary N) is 1. The van der Waals surface area contributed by atoms with Crippen LogP contribution in [0.5, 0.6) is 0 Å². The van der Waals surface area contributed by atoms with Crippen molar-refractivity contribution in [2.45, 2.75) is 26.7 Å². The van der Waals surface area contributed by atoms with E-state index in [4.69, 9.17) is 4.74 Å². The summed E-state index contributed by atoms with van der Waals surface area (Å²) < 4.78 is 4.96. The number of thiazole rings is 1. The topological polar surface area (TPSA) is 88.6 Å². The van der Waals surface area contributed by atoms with Crippen LogP contribution in [0.4, 0.5) is 9.93 Å². The molecule has 0 aliphatic carbocycles. The predicted octanol–water partition coefficient (Wildman–Crippen LogP) is 2.15. The van der Waals surface area contributed by atoms with Crippen LogP contribution in [0.15, 0.2) is 5.38 Å². The SMILES string of the molecule is CCOC(=O)N1CCC[C@@H](C(=O)Nc2nc(C(C)=O)cs2)C1. The number of rotatable bonds is 4. The van der Waals surface area contributed by atoms with Crippen molar-refractivity contribution < 1.29 is 19.1 Å². The van der Waals surface area contributed by atoms with Gasteiger partial charge in [-0.1, -0.05) is 0 Å². The van der Waals surface area contributed by atoms with Crippen LogP contribution in [-0.4, -0.2) is 47.4 Å². The van der Waals surface area contributed by atoms with Crippen molar-refractivity contribution in [1.29, 1.82) is 0 Å². The molecule has 0 saturated carbocycles. The van der Waals surface area contributed by atoms with Crippen molar-refractivity contribution in [3.05, 3.63) is 11.1 Å². The van der Waals surface area contributed by atoms with Gasteiger partial charge in [0.2, 0.25) is 5.91 Å². The van der Waals surface area contributed by atoms with Gasteiger partial charge in [0.15, 0.2) is 10.9 Å². The maximum absolute atomic E-state index is 12.3. The molecule has 120 valence electrons. The second-order valence-corrected chi connectivity index (χ2v) is 5.93. The zero-order valence-electron chi connectivity index (χ0n) is 12.6. The highest BCUT2D eigenvalue weighted by atomic mass is 32.1. The van der Waals surface area contributed by atoms with E-state index in [1.807, 2.05) is 0 Å². The van der Waals surface area contributed by atoms with Crippen molar-refractivity contribution in [3.63, 3.8) is 0 Å². The van der Waals surface area contributed by atoms with Gasteiger partial charge >= 0.3 is 6.09 Å². The fourth-order valence-electron chi connectivity index (χ4n) is 2.27. The molecule has 0 unspecified atom stereocenters. The zero-order valence-corrected chi connectivity index (χ0v) is 13.4. The molecule has 7 nitrogen and oxygen atoms in total. The first-order valence-electron chi connectivity index (χ1n) is 7.20. The number of aromatic nitrogens is 1. The average molecular weight is 325 g/mol. The number of ketones is 1. The van der Waals surface area contributed by atoms with Gasteiger partial charge in [0.1, 0.15) is 5.69 Å². The zero-order chi connectivity index (χ0) is 16.1. The number of piperidine rings is 1. The van der Waals surface area contributed by atoms with Crippen molar-refractivity contribution >= 4 is 34.3 Å². The van der Waals surface area contributed by atoms with Crippen LogP contribution in [0.2, 0.25) is 0 Å². The molecule has 0 aromatic carbocycles. The summed E-state index contributed by atoms with van der Waals surface area (Å²) in [6, 6.07) is 0. The average Bonchev–Trinajstić information content (AvgIpc) is 2.96. The maximum atomic E-state index is 12.3. The number of ether oxygens (including phenoxy) is 1. The largest absolute Gasteiger partial charge is 0.450 e. The normalized spacial score (nSPS) is 17.9. The lowest BCUT2D eigenvalue weighted by Gasteiger charge is -2.30. The van der Waals surface area contributed by atoms with Gasteiger partial charge in [0, 0.05) is 25.4 Å². The van der Waals surface area contributed by atoms with E-state index in [2.05, 4.69) is 10.3 Å². The summed E-state index contributed by atoms with van der Waals surface area (Å²) in [5, 5.41) is 4.74. The minimum atomic E-state index is -0.381. The first-order valence-corrected chi connectivity index (χ1v) is 8.08. The first kappa shape index (κ1) is 16.4. The summed E-state index contributed by atoms with van der Waals surface area (Å²) in [7, 11) is 0. The van der Waals surface area contributed by atoms with E-state index >= 15 is 0 Å². The summed E-state index contributed by atoms with van der Waals surface area (Å²) in [6.07, 6.45) is 1.09. The van der Waals surface area contributed by atoms with Gasteiger partial charge in [-0.05, 0) is 19.8 Å². The van der Waals surface area contributed by atoms with Gasteiger partial charge in [0.25, 0.3) is 0 Å². The van der Waals surface area contributed by atoms with E-state index in [-0.39, 0.29) is 23.7 Å². The van der Waals surface area contributed by atoms with Crippen molar-refractivity contribution in [2.24, 2.45) is 5.92 Å². The summed E-state index contributed by atoms with van der Waals surface area (Å²) in [5.41, 5.74) is 0.345. The maximum Gasteiger partial charge on any atom is 0.409 e. The second-order valence-electron chi connectivity index (χ2n) is 5.07. The van der Waals surface area contributed by atoms with Gasteiger partial charge in [-0.3, -0.25) is 9.59 Å². The van der Waals surface area contributed by atoms with E-state index in [0.717, 1.165) is 6.42 Å². The van der Waals surface area contributed by atoms with Gasteiger partial charge in [-0.2, -0.15) is 0 Å². The van der Waals surface area contributed by atoms with E-state index in [0.29, 0.717) is 36.9 Å². The molecule has 1 aromatic heterocycles. The Bertz CT molecular complexity index is 572. The van der Waals surface area contributed by atoms with Crippen LogP contribution in [-0.2, 0) is 9.53 Å². The van der Waals surface area contributed by atoms with Gasteiger partial charge in [-0.25, -0.2) is 9.78 Å². The fraction of sp³-hybridized carbons (Fsp3) is 0.571. The molecule has 2 rings (SSSR count). The van der Waals surface area contributed by atoms with E-state index in [9.17, 15) is 14.4 Å². The highest BCUT2D eigenvalue weighted by Gasteiger charge is 2.29. The van der Waals surface area contributed by atoms with Gasteiger partial charge < -0.3 is 15.0 Å². The lowest BCUT2D eigenvalue weighted by molar-refractivity contribution is -0.121. The number of carbonyl (C=O) groups excluding carboxylic acids is 3. The minimum absolute atomic E-state index is 0.136. The first-order chi connectivity index (χ1) is 10.5. The molecule has 1 saturated heterocycles. The second kappa shape index (κ2) is 7.35. The quantitative estimate of drug-likeness (QED) is 0.857. The third kappa shape index (κ3) is 4.03. The number of nitrogens with zero attached hydrogens (tertiary/aromatic N) is 2. The Morgan fingerprint density at radius 2 is 2.27 bits per heavy atom. The Morgan fingerprint density at radius 3 is 2.91 bits per heavy atom. The Kier molecular flexibility index (Phi) is 5.48. The van der Waals surface area contributed by atoms with Crippen LogP contribution in [0.25, 0.3) is 0 Å². The smallest absolute Gasteiger partial charge is 0.409 e. The molecule has 1 aromatic rings.